The molecule has 6 heteroatoms. The molecule has 0 amide bonds. The largest absolute Gasteiger partial charge is 1.00 e. The van der Waals surface area contributed by atoms with Crippen LogP contribution in [0.4, 0.5) is 0 Å². The van der Waals surface area contributed by atoms with Crippen LogP contribution in [0.1, 0.15) is 79.1 Å². The molecule has 0 aliphatic heterocycles. The Balaban J connectivity index is 0. The third-order valence-corrected chi connectivity index (χ3v) is 4.95. The molecule has 0 aliphatic rings. The van der Waals surface area contributed by atoms with Gasteiger partial charge in [0.05, 0.1) is 13.2 Å². The quantitative estimate of drug-likeness (QED) is 0.314. The van der Waals surface area contributed by atoms with E-state index in [1.807, 2.05) is 0 Å². The minimum Gasteiger partial charge on any atom is -0.756 e. The van der Waals surface area contributed by atoms with Gasteiger partial charge in [-0.3, -0.25) is 4.57 Å². The van der Waals surface area contributed by atoms with E-state index in [2.05, 4.69) is 27.7 Å². The summed E-state index contributed by atoms with van der Waals surface area (Å²) >= 11 is 0. The second-order valence-electron chi connectivity index (χ2n) is 5.87. The molecule has 0 rings (SSSR count). The molecule has 0 heterocycles. The molecular formula is C16H34O4PZn. The summed E-state index contributed by atoms with van der Waals surface area (Å²) in [6, 6.07) is 0. The molecule has 129 valence electrons. The Bertz CT molecular complexity index is 265. The molecule has 4 nitrogen and oxygen atoms in total. The number of phosphoric acid groups is 1. The number of rotatable bonds is 14. The van der Waals surface area contributed by atoms with Crippen LogP contribution in [-0.2, 0) is 33.1 Å². The van der Waals surface area contributed by atoms with Crippen LogP contribution in [0.3, 0.4) is 0 Å². The van der Waals surface area contributed by atoms with Crippen LogP contribution < -0.4 is 4.89 Å². The van der Waals surface area contributed by atoms with E-state index in [4.69, 9.17) is 9.05 Å². The molecule has 22 heavy (non-hydrogen) atoms. The molecule has 0 saturated heterocycles. The van der Waals surface area contributed by atoms with Gasteiger partial charge in [0.2, 0.25) is 0 Å². The fraction of sp³-hybridized carbons (Fsp3) is 1.00. The van der Waals surface area contributed by atoms with Gasteiger partial charge in [-0.05, 0) is 24.7 Å². The maximum atomic E-state index is 11.8. The Labute approximate surface area is 150 Å². The van der Waals surface area contributed by atoms with Crippen molar-refractivity contribution in [1.29, 1.82) is 0 Å². The maximum absolute atomic E-state index is 11.8. The summed E-state index contributed by atoms with van der Waals surface area (Å²) in [6.45, 7) is 8.91. The Morgan fingerprint density at radius 3 is 1.50 bits per heavy atom. The van der Waals surface area contributed by atoms with Crippen LogP contribution in [0.15, 0.2) is 0 Å². The van der Waals surface area contributed by atoms with Gasteiger partial charge in [-0.2, -0.15) is 0 Å². The zero-order valence-corrected chi connectivity index (χ0v) is 18.9. The summed E-state index contributed by atoms with van der Waals surface area (Å²) in [4.78, 5) is 11.8. The summed E-state index contributed by atoms with van der Waals surface area (Å²) in [5, 5.41) is 0. The monoisotopic (exact) mass is 385 g/mol. The first-order valence-electron chi connectivity index (χ1n) is 8.59. The van der Waals surface area contributed by atoms with E-state index in [1.165, 1.54) is 0 Å². The van der Waals surface area contributed by atoms with Crippen molar-refractivity contribution in [3.05, 3.63) is 0 Å². The molecule has 0 spiro atoms. The van der Waals surface area contributed by atoms with Crippen molar-refractivity contribution < 1.29 is 38.0 Å². The second kappa shape index (κ2) is 15.3. The molecule has 1 radical (unpaired) electrons. The fourth-order valence-electron chi connectivity index (χ4n) is 2.23. The van der Waals surface area contributed by atoms with Gasteiger partial charge in [-0.25, -0.2) is 0 Å². The third-order valence-electron chi connectivity index (χ3n) is 4.02. The second-order valence-corrected chi connectivity index (χ2v) is 7.28. The maximum Gasteiger partial charge on any atom is 1.00 e. The van der Waals surface area contributed by atoms with E-state index in [-0.39, 0.29) is 32.7 Å². The van der Waals surface area contributed by atoms with Crippen molar-refractivity contribution in [1.82, 2.24) is 0 Å². The van der Waals surface area contributed by atoms with Crippen molar-refractivity contribution in [2.75, 3.05) is 13.2 Å². The van der Waals surface area contributed by atoms with Crippen molar-refractivity contribution in [3.63, 3.8) is 0 Å². The molecule has 0 N–H and O–H groups in total. The van der Waals surface area contributed by atoms with Crippen molar-refractivity contribution in [2.24, 2.45) is 11.8 Å². The minimum atomic E-state index is -4.14. The number of hydrogen-bond donors (Lipinski definition) is 0. The van der Waals surface area contributed by atoms with E-state index in [0.29, 0.717) is 11.8 Å². The molecule has 0 aromatic rings. The van der Waals surface area contributed by atoms with Gasteiger partial charge >= 0.3 is 19.5 Å². The smallest absolute Gasteiger partial charge is 0.756 e. The first kappa shape index (κ1) is 25.0. The number of phosphoric ester groups is 1. The Morgan fingerprint density at radius 1 is 0.864 bits per heavy atom. The van der Waals surface area contributed by atoms with E-state index < -0.39 is 7.82 Å². The average molecular weight is 387 g/mol. The zero-order valence-electron chi connectivity index (χ0n) is 15.0. The molecular weight excluding hydrogens is 353 g/mol. The standard InChI is InChI=1S/C16H35O4P.Zn/c1-5-9-11-15(7-3)13-19-21(17,18)20-14-16(8-4)12-10-6-2;/h15-16H,5-14H2,1-4H3,(H,17,18);/q;+1/p-1. The van der Waals surface area contributed by atoms with Gasteiger partial charge in [-0.15, -0.1) is 0 Å². The van der Waals surface area contributed by atoms with Gasteiger partial charge < -0.3 is 13.9 Å². The van der Waals surface area contributed by atoms with Crippen LogP contribution >= 0.6 is 7.82 Å². The summed E-state index contributed by atoms with van der Waals surface area (Å²) < 4.78 is 21.9. The van der Waals surface area contributed by atoms with Crippen LogP contribution in [0.2, 0.25) is 0 Å². The van der Waals surface area contributed by atoms with E-state index in [1.54, 1.807) is 0 Å². The van der Waals surface area contributed by atoms with Gasteiger partial charge in [0.15, 0.2) is 0 Å². The predicted molar refractivity (Wildman–Crippen MR) is 86.1 cm³/mol. The summed E-state index contributed by atoms with van der Waals surface area (Å²) in [7, 11) is -4.14. The SMILES string of the molecule is CCCCC(CC)COP(=O)([O-])OCC(CC)CCCC.[Zn+]. The van der Waals surface area contributed by atoms with Crippen molar-refractivity contribution in [3.8, 4) is 0 Å². The first-order chi connectivity index (χ1) is 9.99. The first-order valence-corrected chi connectivity index (χ1v) is 10.0. The Kier molecular flexibility index (Phi) is 17.3. The molecule has 0 bridgehead atoms. The number of hydrogen-bond acceptors (Lipinski definition) is 4. The summed E-state index contributed by atoms with van der Waals surface area (Å²) in [5.41, 5.74) is 0. The van der Waals surface area contributed by atoms with Gasteiger partial charge in [0, 0.05) is 0 Å². The molecule has 0 aromatic heterocycles. The zero-order chi connectivity index (χ0) is 16.1. The Hall–Kier alpha value is 0.733. The van der Waals surface area contributed by atoms with Gasteiger partial charge in [-0.1, -0.05) is 66.2 Å². The van der Waals surface area contributed by atoms with Crippen molar-refractivity contribution in [2.45, 2.75) is 79.1 Å². The van der Waals surface area contributed by atoms with Crippen LogP contribution in [0.5, 0.6) is 0 Å². The Morgan fingerprint density at radius 2 is 1.23 bits per heavy atom. The van der Waals surface area contributed by atoms with Crippen LogP contribution in [0.25, 0.3) is 0 Å². The van der Waals surface area contributed by atoms with Gasteiger partial charge in [0.1, 0.15) is 0 Å². The normalized spacial score (nSPS) is 16.6. The molecule has 0 aromatic carbocycles. The van der Waals surface area contributed by atoms with E-state index in [0.717, 1.165) is 51.4 Å². The van der Waals surface area contributed by atoms with Crippen molar-refractivity contribution >= 4 is 7.82 Å². The fourth-order valence-corrected chi connectivity index (χ4v) is 3.09. The summed E-state index contributed by atoms with van der Waals surface area (Å²) in [6.07, 6.45) is 8.38. The number of unbranched alkanes of at least 4 members (excludes halogenated alkanes) is 2. The molecule has 2 atom stereocenters. The summed E-state index contributed by atoms with van der Waals surface area (Å²) in [5.74, 6) is 0.607. The van der Waals surface area contributed by atoms with E-state index in [9.17, 15) is 9.46 Å². The van der Waals surface area contributed by atoms with Crippen LogP contribution in [0, 0.1) is 11.8 Å². The molecule has 0 saturated carbocycles. The van der Waals surface area contributed by atoms with E-state index >= 15 is 0 Å². The van der Waals surface area contributed by atoms with Gasteiger partial charge in [0.25, 0.3) is 7.82 Å². The molecule has 2 unspecified atom stereocenters. The van der Waals surface area contributed by atoms with Crippen LogP contribution in [-0.4, -0.2) is 13.2 Å². The minimum absolute atomic E-state index is 0. The average Bonchev–Trinajstić information content (AvgIpc) is 2.47. The topological polar surface area (TPSA) is 58.6 Å². The molecule has 0 fully saturated rings. The molecule has 0 aliphatic carbocycles. The third kappa shape index (κ3) is 13.2. The predicted octanol–water partition coefficient (Wildman–Crippen LogP) is 4.92.